The molecule has 0 radical (unpaired) electrons. The zero-order valence-electron chi connectivity index (χ0n) is 24.3. The van der Waals surface area contributed by atoms with E-state index < -0.39 is 23.3 Å². The third-order valence-corrected chi connectivity index (χ3v) is 10.5. The summed E-state index contributed by atoms with van der Waals surface area (Å²) >= 11 is 0. The number of rotatable bonds is 11. The second-order valence-electron chi connectivity index (χ2n) is 13.0. The summed E-state index contributed by atoms with van der Waals surface area (Å²) in [6.07, 6.45) is 20.2. The van der Waals surface area contributed by atoms with E-state index in [4.69, 9.17) is 0 Å². The average molecular weight is 555 g/mol. The Hall–Kier alpha value is -2.10. The van der Waals surface area contributed by atoms with E-state index in [2.05, 4.69) is 13.5 Å². The molecule has 0 spiro atoms. The molecule has 3 aliphatic rings. The molecule has 2 fully saturated rings. The monoisotopic (exact) mass is 554 g/mol. The summed E-state index contributed by atoms with van der Waals surface area (Å²) in [5.41, 5.74) is 1.55. The first-order valence-electron chi connectivity index (χ1n) is 16.0. The minimum atomic E-state index is -1.07. The van der Waals surface area contributed by atoms with Crippen LogP contribution in [0.25, 0.3) is 11.1 Å². The van der Waals surface area contributed by atoms with Crippen molar-refractivity contribution in [1.82, 2.24) is 0 Å². The van der Waals surface area contributed by atoms with Gasteiger partial charge in [0.25, 0.3) is 0 Å². The van der Waals surface area contributed by atoms with Crippen molar-refractivity contribution < 1.29 is 17.6 Å². The number of unbranched alkanes of at least 4 members (excludes halogenated alkanes) is 2. The fourth-order valence-corrected chi connectivity index (χ4v) is 8.06. The number of fused-ring (bicyclic) bond motifs is 3. The minimum Gasteiger partial charge on any atom is -0.203 e. The van der Waals surface area contributed by atoms with Gasteiger partial charge in [0.2, 0.25) is 0 Å². The largest absolute Gasteiger partial charge is 0.203 e. The van der Waals surface area contributed by atoms with E-state index >= 15 is 13.2 Å². The van der Waals surface area contributed by atoms with E-state index in [0.29, 0.717) is 48.3 Å². The number of hydrogen-bond acceptors (Lipinski definition) is 0. The molecule has 0 amide bonds. The first-order chi connectivity index (χ1) is 19.4. The second-order valence-corrected chi connectivity index (χ2v) is 13.0. The molecule has 2 saturated carbocycles. The summed E-state index contributed by atoms with van der Waals surface area (Å²) in [6.45, 7) is 5.92. The quantitative estimate of drug-likeness (QED) is 0.126. The number of aryl methyl sites for hydroxylation is 2. The van der Waals surface area contributed by atoms with Gasteiger partial charge in [0.15, 0.2) is 23.3 Å². The molecule has 218 valence electrons. The Morgan fingerprint density at radius 1 is 0.675 bits per heavy atom. The van der Waals surface area contributed by atoms with Gasteiger partial charge in [-0.3, -0.25) is 0 Å². The number of benzene rings is 2. The highest BCUT2D eigenvalue weighted by atomic mass is 19.2. The molecule has 0 unspecified atom stereocenters. The van der Waals surface area contributed by atoms with Crippen molar-refractivity contribution >= 4 is 0 Å². The third-order valence-electron chi connectivity index (χ3n) is 10.5. The Balaban J connectivity index is 1.16. The highest BCUT2D eigenvalue weighted by molar-refractivity contribution is 5.79. The number of hydrogen-bond donors (Lipinski definition) is 0. The maximum absolute atomic E-state index is 15.3. The van der Waals surface area contributed by atoms with Crippen molar-refractivity contribution in [3.05, 3.63) is 70.3 Å². The lowest BCUT2D eigenvalue weighted by Crippen LogP contribution is -2.26. The molecule has 0 heterocycles. The fraction of sp³-hybridized carbons (Fsp3) is 0.611. The predicted molar refractivity (Wildman–Crippen MR) is 156 cm³/mol. The highest BCUT2D eigenvalue weighted by Crippen LogP contribution is 2.45. The fourth-order valence-electron chi connectivity index (χ4n) is 8.06. The van der Waals surface area contributed by atoms with Gasteiger partial charge in [-0.15, -0.1) is 6.58 Å². The standard InChI is InChI=1S/C36H46F4/c1-3-5-7-8-23-10-15-25(16-11-23)26-17-12-24(13-18-26)14-19-28-21-30-22-29-20-27(9-6-4-2)33(37)35(39)31(29)32(30)36(40)34(28)38/h4,20-21,23-26H,2-3,5-19,22H2,1H3. The smallest absolute Gasteiger partial charge is 0.167 e. The zero-order valence-corrected chi connectivity index (χ0v) is 24.3. The van der Waals surface area contributed by atoms with Gasteiger partial charge < -0.3 is 0 Å². The Labute approximate surface area is 238 Å². The predicted octanol–water partition coefficient (Wildman–Crippen LogP) is 11.1. The van der Waals surface area contributed by atoms with Crippen LogP contribution in [0.5, 0.6) is 0 Å². The van der Waals surface area contributed by atoms with Gasteiger partial charge in [-0.25, -0.2) is 17.6 Å². The van der Waals surface area contributed by atoms with Crippen molar-refractivity contribution in [2.24, 2.45) is 23.7 Å². The molecule has 0 bridgehead atoms. The Morgan fingerprint density at radius 2 is 1.18 bits per heavy atom. The van der Waals surface area contributed by atoms with Crippen molar-refractivity contribution in [2.45, 2.75) is 116 Å². The van der Waals surface area contributed by atoms with Crippen LogP contribution >= 0.6 is 0 Å². The summed E-state index contributed by atoms with van der Waals surface area (Å²) in [7, 11) is 0. The molecule has 3 aliphatic carbocycles. The van der Waals surface area contributed by atoms with Crippen LogP contribution in [0, 0.1) is 46.9 Å². The molecule has 0 aromatic heterocycles. The van der Waals surface area contributed by atoms with Crippen LogP contribution in [-0.2, 0) is 19.3 Å². The van der Waals surface area contributed by atoms with E-state index in [1.54, 1.807) is 18.2 Å². The van der Waals surface area contributed by atoms with E-state index in [-0.39, 0.29) is 16.7 Å². The molecule has 2 aromatic carbocycles. The topological polar surface area (TPSA) is 0 Å². The molecule has 0 atom stereocenters. The van der Waals surface area contributed by atoms with Crippen molar-refractivity contribution in [2.75, 3.05) is 0 Å². The maximum Gasteiger partial charge on any atom is 0.167 e. The van der Waals surface area contributed by atoms with Crippen LogP contribution in [0.3, 0.4) is 0 Å². The van der Waals surface area contributed by atoms with Crippen LogP contribution in [-0.4, -0.2) is 0 Å². The molecule has 40 heavy (non-hydrogen) atoms. The van der Waals surface area contributed by atoms with Crippen LogP contribution < -0.4 is 0 Å². The Kier molecular flexibility index (Phi) is 9.74. The van der Waals surface area contributed by atoms with E-state index in [1.165, 1.54) is 77.0 Å². The van der Waals surface area contributed by atoms with Gasteiger partial charge in [-0.2, -0.15) is 0 Å². The summed E-state index contributed by atoms with van der Waals surface area (Å²) in [4.78, 5) is 0. The van der Waals surface area contributed by atoms with Crippen LogP contribution in [0.2, 0.25) is 0 Å². The zero-order chi connectivity index (χ0) is 28.2. The SMILES string of the molecule is C=CCCc1cc2c(c(F)c1F)-c1c(cc(CCC3CCC(C4CCC(CCCCC)CC4)CC3)c(F)c1F)C2. The summed E-state index contributed by atoms with van der Waals surface area (Å²) in [5, 5.41) is 0. The van der Waals surface area contributed by atoms with Gasteiger partial charge in [0.05, 0.1) is 0 Å². The maximum atomic E-state index is 15.3. The van der Waals surface area contributed by atoms with Crippen LogP contribution in [0.4, 0.5) is 17.6 Å². The normalized spacial score (nSPS) is 24.1. The lowest BCUT2D eigenvalue weighted by atomic mass is 9.68. The van der Waals surface area contributed by atoms with Crippen molar-refractivity contribution in [3.8, 4) is 11.1 Å². The molecular weight excluding hydrogens is 508 g/mol. The Morgan fingerprint density at radius 3 is 1.68 bits per heavy atom. The van der Waals surface area contributed by atoms with E-state index in [9.17, 15) is 4.39 Å². The summed E-state index contributed by atoms with van der Waals surface area (Å²) < 4.78 is 60.3. The summed E-state index contributed by atoms with van der Waals surface area (Å²) in [5.74, 6) is -0.735. The molecule has 0 N–H and O–H groups in total. The molecule has 2 aromatic rings. The van der Waals surface area contributed by atoms with E-state index in [1.807, 2.05) is 0 Å². The number of allylic oxidation sites excluding steroid dienone is 1. The van der Waals surface area contributed by atoms with Gasteiger partial charge in [0, 0.05) is 11.1 Å². The van der Waals surface area contributed by atoms with Gasteiger partial charge in [0.1, 0.15) is 0 Å². The van der Waals surface area contributed by atoms with Gasteiger partial charge in [-0.05, 0) is 104 Å². The van der Waals surface area contributed by atoms with Crippen molar-refractivity contribution in [1.29, 1.82) is 0 Å². The molecule has 5 rings (SSSR count). The van der Waals surface area contributed by atoms with Gasteiger partial charge in [-0.1, -0.05) is 76.5 Å². The lowest BCUT2D eigenvalue weighted by Gasteiger charge is -2.38. The molecule has 0 aliphatic heterocycles. The Bertz CT molecular complexity index is 1180. The molecule has 4 heteroatoms. The minimum absolute atomic E-state index is 0.0940. The summed E-state index contributed by atoms with van der Waals surface area (Å²) in [6, 6.07) is 3.32. The highest BCUT2D eigenvalue weighted by Gasteiger charge is 2.33. The first-order valence-corrected chi connectivity index (χ1v) is 16.0. The molecular formula is C36H46F4. The van der Waals surface area contributed by atoms with Crippen LogP contribution in [0.1, 0.15) is 119 Å². The molecule has 0 nitrogen and oxygen atoms in total. The van der Waals surface area contributed by atoms with E-state index in [0.717, 1.165) is 24.2 Å². The lowest BCUT2D eigenvalue weighted by molar-refractivity contribution is 0.140. The van der Waals surface area contributed by atoms with Crippen LogP contribution in [0.15, 0.2) is 24.8 Å². The first kappa shape index (κ1) is 29.4. The average Bonchev–Trinajstić information content (AvgIpc) is 3.34. The van der Waals surface area contributed by atoms with Crippen molar-refractivity contribution in [3.63, 3.8) is 0 Å². The van der Waals surface area contributed by atoms with Gasteiger partial charge >= 0.3 is 0 Å². The third kappa shape index (κ3) is 6.21. The second kappa shape index (κ2) is 13.3. The number of halogens is 4. The molecule has 0 saturated heterocycles.